The Morgan fingerprint density at radius 1 is 0.905 bits per heavy atom. The number of rotatable bonds is 4. The summed E-state index contributed by atoms with van der Waals surface area (Å²) < 4.78 is 57.1. The van der Waals surface area contributed by atoms with Crippen molar-refractivity contribution in [2.24, 2.45) is 28.6 Å². The van der Waals surface area contributed by atoms with E-state index in [2.05, 4.69) is 13.8 Å². The number of aliphatic hydroxyl groups excluding tert-OH is 2. The van der Waals surface area contributed by atoms with E-state index in [-0.39, 0.29) is 28.8 Å². The van der Waals surface area contributed by atoms with E-state index in [1.54, 1.807) is 19.1 Å². The molecule has 0 bridgehead atoms. The first-order chi connectivity index (χ1) is 19.7. The maximum absolute atomic E-state index is 13.2. The molecule has 0 unspecified atom stereocenters. The van der Waals surface area contributed by atoms with Crippen LogP contribution in [-0.4, -0.2) is 64.8 Å². The molecule has 4 saturated carbocycles. The number of methoxy groups -OCH3 is 1. The second kappa shape index (κ2) is 10.7. The molecule has 1 aliphatic heterocycles. The molecule has 236 valence electrons. The molecule has 9 heteroatoms. The van der Waals surface area contributed by atoms with Gasteiger partial charge >= 0.3 is 6.18 Å². The van der Waals surface area contributed by atoms with E-state index in [1.807, 2.05) is 0 Å². The minimum Gasteiger partial charge on any atom is -0.389 e. The lowest BCUT2D eigenvalue weighted by Gasteiger charge is -2.64. The normalized spacial score (nSPS) is 49.2. The second-order valence-corrected chi connectivity index (χ2v) is 14.5. The van der Waals surface area contributed by atoms with Crippen molar-refractivity contribution >= 4 is 0 Å². The fourth-order valence-electron chi connectivity index (χ4n) is 10.3. The van der Waals surface area contributed by atoms with Gasteiger partial charge in [-0.15, -0.1) is 0 Å². The SMILES string of the molecule is CO[C@H]1[C@H](O)[C@H](O[C@H]2CC[C@@]3(C)[C@H](CC[C@@H]4[C@@H]3CC[C@]3(C)[C@@H](c5ccc(C(F)(F)F)cc5)CC[C@]43O)C2)O[C@@H](C)[C@@H]1O. The second-order valence-electron chi connectivity index (χ2n) is 14.5. The molecule has 5 aliphatic rings. The largest absolute Gasteiger partial charge is 0.416 e. The minimum atomic E-state index is -4.36. The Kier molecular flexibility index (Phi) is 7.84. The lowest BCUT2D eigenvalue weighted by atomic mass is 9.43. The summed E-state index contributed by atoms with van der Waals surface area (Å²) in [6.07, 6.45) is -0.614. The Balaban J connectivity index is 1.16. The quantitative estimate of drug-likeness (QED) is 0.380. The third kappa shape index (κ3) is 4.67. The fourth-order valence-corrected chi connectivity index (χ4v) is 10.3. The summed E-state index contributed by atoms with van der Waals surface area (Å²) in [6.45, 7) is 6.33. The summed E-state index contributed by atoms with van der Waals surface area (Å²) in [5, 5.41) is 33.6. The molecule has 4 aliphatic carbocycles. The van der Waals surface area contributed by atoms with Gasteiger partial charge in [0, 0.05) is 12.5 Å². The van der Waals surface area contributed by atoms with Gasteiger partial charge < -0.3 is 29.5 Å². The number of fused-ring (bicyclic) bond motifs is 5. The molecule has 5 fully saturated rings. The van der Waals surface area contributed by atoms with E-state index in [9.17, 15) is 28.5 Å². The summed E-state index contributed by atoms with van der Waals surface area (Å²) in [5.74, 6) is 1.02. The number of aliphatic hydroxyl groups is 3. The van der Waals surface area contributed by atoms with Crippen LogP contribution in [0.1, 0.15) is 95.6 Å². The van der Waals surface area contributed by atoms with E-state index in [0.717, 1.165) is 56.9 Å². The third-order valence-electron chi connectivity index (χ3n) is 12.8. The highest BCUT2D eigenvalue weighted by Crippen LogP contribution is 2.70. The monoisotopic (exact) mass is 596 g/mol. The van der Waals surface area contributed by atoms with Crippen molar-refractivity contribution < 1.29 is 42.7 Å². The van der Waals surface area contributed by atoms with Crippen molar-refractivity contribution in [3.8, 4) is 0 Å². The highest BCUT2D eigenvalue weighted by Gasteiger charge is 2.67. The van der Waals surface area contributed by atoms with Gasteiger partial charge in [0.15, 0.2) is 6.29 Å². The summed E-state index contributed by atoms with van der Waals surface area (Å²) in [7, 11) is 1.47. The summed E-state index contributed by atoms with van der Waals surface area (Å²) in [4.78, 5) is 0. The van der Waals surface area contributed by atoms with Crippen LogP contribution >= 0.6 is 0 Å². The van der Waals surface area contributed by atoms with Gasteiger partial charge in [-0.1, -0.05) is 26.0 Å². The van der Waals surface area contributed by atoms with Crippen molar-refractivity contribution in [1.29, 1.82) is 0 Å². The van der Waals surface area contributed by atoms with Gasteiger partial charge in [0.2, 0.25) is 0 Å². The average Bonchev–Trinajstić information content (AvgIpc) is 3.23. The van der Waals surface area contributed by atoms with Gasteiger partial charge in [0.25, 0.3) is 0 Å². The van der Waals surface area contributed by atoms with Crippen molar-refractivity contribution in [3.63, 3.8) is 0 Å². The number of hydrogen-bond acceptors (Lipinski definition) is 6. The molecular formula is C33H47F3O6. The molecule has 1 aromatic rings. The molecule has 1 saturated heterocycles. The molecule has 3 N–H and O–H groups in total. The van der Waals surface area contributed by atoms with Crippen LogP contribution in [0.4, 0.5) is 13.2 Å². The third-order valence-corrected chi connectivity index (χ3v) is 12.8. The van der Waals surface area contributed by atoms with Crippen molar-refractivity contribution in [1.82, 2.24) is 0 Å². The standard InChI is InChI=1S/C33H47F3O6/c1-18-26(37)28(40-4)27(38)29(41-18)42-22-11-14-30(2)21(17-22)9-10-25-24(30)12-15-31(3)23(13-16-32(25,31)39)19-5-7-20(8-6-19)33(34,35)36/h5-8,18,21-29,37-39H,9-17H2,1-4H3/t18-,21+,22-,23+,24-,25+,26-,27-,28+,29-,30-,31+,32-/m0/s1. The Labute approximate surface area is 246 Å². The highest BCUT2D eigenvalue weighted by molar-refractivity contribution is 5.32. The predicted molar refractivity (Wildman–Crippen MR) is 149 cm³/mol. The van der Waals surface area contributed by atoms with Crippen molar-refractivity contribution in [2.45, 2.75) is 133 Å². The van der Waals surface area contributed by atoms with Crippen LogP contribution in [0.25, 0.3) is 0 Å². The van der Waals surface area contributed by atoms with E-state index in [0.29, 0.717) is 18.3 Å². The molecule has 13 atom stereocenters. The molecule has 1 aromatic carbocycles. The zero-order chi connectivity index (χ0) is 30.2. The summed E-state index contributed by atoms with van der Waals surface area (Å²) in [6, 6.07) is 5.62. The predicted octanol–water partition coefficient (Wildman–Crippen LogP) is 5.81. The zero-order valence-corrected chi connectivity index (χ0v) is 25.1. The van der Waals surface area contributed by atoms with Crippen LogP contribution in [0, 0.1) is 28.6 Å². The molecule has 1 heterocycles. The molecule has 0 aromatic heterocycles. The van der Waals surface area contributed by atoms with Crippen LogP contribution in [0.2, 0.25) is 0 Å². The maximum atomic E-state index is 13.2. The molecule has 6 nitrogen and oxygen atoms in total. The Morgan fingerprint density at radius 2 is 1.62 bits per heavy atom. The van der Waals surface area contributed by atoms with Gasteiger partial charge in [0.1, 0.15) is 18.3 Å². The van der Waals surface area contributed by atoms with Gasteiger partial charge in [-0.2, -0.15) is 13.2 Å². The Hall–Kier alpha value is -1.23. The van der Waals surface area contributed by atoms with E-state index < -0.39 is 48.0 Å². The molecule has 0 spiro atoms. The van der Waals surface area contributed by atoms with Crippen LogP contribution in [0.5, 0.6) is 0 Å². The maximum Gasteiger partial charge on any atom is 0.416 e. The first-order valence-corrected chi connectivity index (χ1v) is 15.8. The Morgan fingerprint density at radius 3 is 2.29 bits per heavy atom. The van der Waals surface area contributed by atoms with Gasteiger partial charge in [-0.3, -0.25) is 0 Å². The average molecular weight is 597 g/mol. The molecule has 42 heavy (non-hydrogen) atoms. The zero-order valence-electron chi connectivity index (χ0n) is 25.1. The van der Waals surface area contributed by atoms with Crippen LogP contribution < -0.4 is 0 Å². The molecular weight excluding hydrogens is 549 g/mol. The van der Waals surface area contributed by atoms with E-state index >= 15 is 0 Å². The smallest absolute Gasteiger partial charge is 0.389 e. The minimum absolute atomic E-state index is 0.0409. The lowest BCUT2D eigenvalue weighted by Crippen LogP contribution is -2.62. The van der Waals surface area contributed by atoms with E-state index in [4.69, 9.17) is 14.2 Å². The highest BCUT2D eigenvalue weighted by atomic mass is 19.4. The first kappa shape index (κ1) is 30.8. The number of ether oxygens (including phenoxy) is 3. The van der Waals surface area contributed by atoms with E-state index in [1.165, 1.54) is 19.2 Å². The number of hydrogen-bond donors (Lipinski definition) is 3. The first-order valence-electron chi connectivity index (χ1n) is 15.8. The molecule has 0 amide bonds. The fraction of sp³-hybridized carbons (Fsp3) is 0.818. The summed E-state index contributed by atoms with van der Waals surface area (Å²) >= 11 is 0. The van der Waals surface area contributed by atoms with Crippen LogP contribution in [-0.2, 0) is 20.4 Å². The molecule has 0 radical (unpaired) electrons. The summed E-state index contributed by atoms with van der Waals surface area (Å²) in [5.41, 5.74) is -0.866. The Bertz CT molecular complexity index is 1130. The number of benzene rings is 1. The van der Waals surface area contributed by atoms with Gasteiger partial charge in [0.05, 0.1) is 23.4 Å². The van der Waals surface area contributed by atoms with Crippen LogP contribution in [0.15, 0.2) is 24.3 Å². The lowest BCUT2D eigenvalue weighted by molar-refractivity contribution is -0.313. The van der Waals surface area contributed by atoms with Crippen LogP contribution in [0.3, 0.4) is 0 Å². The van der Waals surface area contributed by atoms with Crippen molar-refractivity contribution in [3.05, 3.63) is 35.4 Å². The molecule has 6 rings (SSSR count). The number of halogens is 3. The van der Waals surface area contributed by atoms with Gasteiger partial charge in [-0.05, 0) is 111 Å². The number of alkyl halides is 3. The van der Waals surface area contributed by atoms with Gasteiger partial charge in [-0.25, -0.2) is 0 Å². The van der Waals surface area contributed by atoms with Crippen molar-refractivity contribution in [2.75, 3.05) is 7.11 Å². The topological polar surface area (TPSA) is 88.4 Å².